The lowest BCUT2D eigenvalue weighted by molar-refractivity contribution is 0.0598. The molecule has 4 aromatic heterocycles. The minimum Gasteiger partial charge on any atom is -0.478 e. The normalized spacial score (nSPS) is 13.6. The fourth-order valence-corrected chi connectivity index (χ4v) is 8.04. The Bertz CT molecular complexity index is 2900. The number of fused-ring (bicyclic) bond motifs is 2. The Hall–Kier alpha value is -6.94. The largest absolute Gasteiger partial charge is 0.478 e. The molecule has 2 aliphatic carbocycles. The van der Waals surface area contributed by atoms with Crippen molar-refractivity contribution in [3.63, 3.8) is 0 Å². The fraction of sp³-hybridized carbons (Fsp3) is 0.216. The summed E-state index contributed by atoms with van der Waals surface area (Å²) in [5, 5.41) is 11.5. The third-order valence-corrected chi connectivity index (χ3v) is 11.7. The lowest BCUT2D eigenvalue weighted by Gasteiger charge is -2.11. The van der Waals surface area contributed by atoms with Gasteiger partial charge in [-0.05, 0) is 119 Å². The van der Waals surface area contributed by atoms with E-state index in [-0.39, 0.29) is 30.0 Å². The number of methoxy groups -OCH3 is 1. The highest BCUT2D eigenvalue weighted by atomic mass is 19.1. The van der Waals surface area contributed by atoms with Gasteiger partial charge in [0.1, 0.15) is 11.6 Å². The summed E-state index contributed by atoms with van der Waals surface area (Å²) in [4.78, 5) is 33.0. The highest BCUT2D eigenvalue weighted by molar-refractivity contribution is 5.91. The molecule has 0 unspecified atom stereocenters. The van der Waals surface area contributed by atoms with E-state index in [1.165, 1.54) is 13.2 Å². The SMILES string of the molecule is COC(=O)c1cc(C2CC2)cnc1Cc1cc2ccn(Cc3ccccc3)c2cc1F.O=C(O)c1cc(C2CC2)cnc1Cc1cc2ccn(Cc3ccccc3)c2cc1F. The molecule has 0 saturated heterocycles. The first-order chi connectivity index (χ1) is 29.7. The summed E-state index contributed by atoms with van der Waals surface area (Å²) in [6.45, 7) is 1.34. The van der Waals surface area contributed by atoms with E-state index < -0.39 is 11.9 Å². The Kier molecular flexibility index (Phi) is 11.0. The van der Waals surface area contributed by atoms with E-state index >= 15 is 4.39 Å². The second-order valence-corrected chi connectivity index (χ2v) is 16.1. The molecule has 0 aliphatic heterocycles. The number of carboxylic acid groups (broad SMARTS) is 1. The first-order valence-corrected chi connectivity index (χ1v) is 20.6. The van der Waals surface area contributed by atoms with Crippen molar-refractivity contribution in [2.24, 2.45) is 0 Å². The summed E-state index contributed by atoms with van der Waals surface area (Å²) in [6.07, 6.45) is 12.3. The van der Waals surface area contributed by atoms with Crippen LogP contribution in [0, 0.1) is 11.6 Å². The first-order valence-electron chi connectivity index (χ1n) is 20.6. The maximum Gasteiger partial charge on any atom is 0.339 e. The average molecular weight is 815 g/mol. The maximum atomic E-state index is 15.1. The molecule has 0 spiro atoms. The number of nitrogens with zero attached hydrogens (tertiary/aromatic N) is 4. The van der Waals surface area contributed by atoms with Crippen LogP contribution in [0.2, 0.25) is 0 Å². The van der Waals surface area contributed by atoms with E-state index in [1.54, 1.807) is 24.4 Å². The number of hydrogen-bond acceptors (Lipinski definition) is 5. The summed E-state index contributed by atoms with van der Waals surface area (Å²) in [6, 6.07) is 34.4. The summed E-state index contributed by atoms with van der Waals surface area (Å²) < 4.78 is 39.1. The van der Waals surface area contributed by atoms with Crippen molar-refractivity contribution in [1.82, 2.24) is 19.1 Å². The number of aromatic carboxylic acids is 1. The van der Waals surface area contributed by atoms with E-state index in [1.807, 2.05) is 101 Å². The smallest absolute Gasteiger partial charge is 0.339 e. The average Bonchev–Trinajstić information content (AvgIpc) is 4.22. The molecule has 4 heterocycles. The van der Waals surface area contributed by atoms with Crippen LogP contribution in [0.5, 0.6) is 0 Å². The van der Waals surface area contributed by atoms with Crippen molar-refractivity contribution in [1.29, 1.82) is 0 Å². The Labute approximate surface area is 352 Å². The number of aromatic nitrogens is 4. The first kappa shape index (κ1) is 39.5. The molecule has 10 heteroatoms. The van der Waals surface area contributed by atoms with E-state index in [0.29, 0.717) is 53.0 Å². The van der Waals surface area contributed by atoms with Crippen LogP contribution in [0.25, 0.3) is 21.8 Å². The number of esters is 1. The molecule has 1 N–H and O–H groups in total. The molecule has 0 atom stereocenters. The van der Waals surface area contributed by atoms with Crippen molar-refractivity contribution in [2.75, 3.05) is 7.11 Å². The van der Waals surface area contributed by atoms with E-state index in [9.17, 15) is 19.1 Å². The second kappa shape index (κ2) is 17.0. The van der Waals surface area contributed by atoms with Crippen LogP contribution in [-0.2, 0) is 30.7 Å². The lowest BCUT2D eigenvalue weighted by Crippen LogP contribution is -2.10. The number of hydrogen-bond donors (Lipinski definition) is 1. The lowest BCUT2D eigenvalue weighted by atomic mass is 10.0. The standard InChI is InChI=1S/C26H23FN2O2.C25H21FN2O2/c1-31-26(30)22-12-21(18-7-8-18)15-28-24(22)13-20-11-19-9-10-29(25(19)14-23(20)27)16-17-5-3-2-4-6-17;26-22-13-24-18(8-9-28(24)15-16-4-2-1-3-5-16)10-19(22)12-23-21(25(29)30)11-20(14-27-23)17-6-7-17/h2-6,9-12,14-15,18H,7-8,13,16H2,1H3;1-5,8-11,13-14,17H,6-7,12,15H2,(H,29,30). The van der Waals surface area contributed by atoms with Gasteiger partial charge in [-0.2, -0.15) is 0 Å². The van der Waals surface area contributed by atoms with E-state index in [2.05, 4.69) is 22.1 Å². The number of pyridine rings is 2. The van der Waals surface area contributed by atoms with Crippen LogP contribution in [0.4, 0.5) is 8.78 Å². The van der Waals surface area contributed by atoms with Crippen molar-refractivity contribution < 1.29 is 28.2 Å². The second-order valence-electron chi connectivity index (χ2n) is 16.1. The zero-order valence-corrected chi connectivity index (χ0v) is 33.7. The number of carbonyl (C=O) groups is 2. The third kappa shape index (κ3) is 8.84. The monoisotopic (exact) mass is 814 g/mol. The van der Waals surface area contributed by atoms with Crippen molar-refractivity contribution in [3.8, 4) is 0 Å². The summed E-state index contributed by atoms with van der Waals surface area (Å²) in [5.74, 6) is -1.20. The third-order valence-electron chi connectivity index (χ3n) is 11.7. The van der Waals surface area contributed by atoms with Crippen LogP contribution >= 0.6 is 0 Å². The number of benzene rings is 4. The summed E-state index contributed by atoms with van der Waals surface area (Å²) in [7, 11) is 1.36. The molecule has 0 bridgehead atoms. The van der Waals surface area contributed by atoms with Gasteiger partial charge < -0.3 is 19.0 Å². The summed E-state index contributed by atoms with van der Waals surface area (Å²) in [5.41, 5.74) is 8.48. The Balaban J connectivity index is 0.000000156. The molecule has 2 saturated carbocycles. The minimum absolute atomic E-state index is 0.151. The molecule has 2 fully saturated rings. The van der Waals surface area contributed by atoms with Crippen molar-refractivity contribution in [2.45, 2.75) is 63.5 Å². The predicted octanol–water partition coefficient (Wildman–Crippen LogP) is 10.9. The van der Waals surface area contributed by atoms with Gasteiger partial charge in [0.05, 0.1) is 40.7 Å². The maximum absolute atomic E-state index is 15.1. The summed E-state index contributed by atoms with van der Waals surface area (Å²) >= 11 is 0. The zero-order valence-electron chi connectivity index (χ0n) is 33.7. The quantitative estimate of drug-likeness (QED) is 0.123. The fourth-order valence-electron chi connectivity index (χ4n) is 8.04. The van der Waals surface area contributed by atoms with Gasteiger partial charge in [-0.1, -0.05) is 60.7 Å². The Morgan fingerprint density at radius 1 is 0.639 bits per heavy atom. The van der Waals surface area contributed by atoms with Gasteiger partial charge in [0.15, 0.2) is 0 Å². The van der Waals surface area contributed by atoms with Gasteiger partial charge in [-0.15, -0.1) is 0 Å². The van der Waals surface area contributed by atoms with Gasteiger partial charge in [0.25, 0.3) is 0 Å². The molecule has 8 aromatic rings. The van der Waals surface area contributed by atoms with Gasteiger partial charge in [-0.25, -0.2) is 18.4 Å². The molecular formula is C51H44F2N4O4. The number of ether oxygens (including phenoxy) is 1. The van der Waals surface area contributed by atoms with E-state index in [0.717, 1.165) is 69.7 Å². The minimum atomic E-state index is -1.02. The molecule has 2 aliphatic rings. The number of rotatable bonds is 12. The number of carbonyl (C=O) groups excluding carboxylic acids is 1. The van der Waals surface area contributed by atoms with Crippen LogP contribution in [0.15, 0.2) is 134 Å². The number of carboxylic acids is 1. The van der Waals surface area contributed by atoms with Gasteiger partial charge in [0.2, 0.25) is 0 Å². The van der Waals surface area contributed by atoms with Gasteiger partial charge in [0, 0.05) is 61.5 Å². The van der Waals surface area contributed by atoms with Crippen LogP contribution in [0.1, 0.15) is 103 Å². The van der Waals surface area contributed by atoms with Crippen molar-refractivity contribution in [3.05, 3.63) is 202 Å². The van der Waals surface area contributed by atoms with Crippen LogP contribution < -0.4 is 0 Å². The highest BCUT2D eigenvalue weighted by Gasteiger charge is 2.28. The van der Waals surface area contributed by atoms with E-state index in [4.69, 9.17) is 4.74 Å². The van der Waals surface area contributed by atoms with Crippen LogP contribution in [-0.4, -0.2) is 43.3 Å². The topological polar surface area (TPSA) is 99.2 Å². The zero-order chi connectivity index (χ0) is 42.0. The van der Waals surface area contributed by atoms with Crippen LogP contribution in [0.3, 0.4) is 0 Å². The Morgan fingerprint density at radius 3 is 1.51 bits per heavy atom. The molecule has 306 valence electrons. The van der Waals surface area contributed by atoms with Gasteiger partial charge >= 0.3 is 11.9 Å². The number of halogens is 2. The molecule has 4 aromatic carbocycles. The van der Waals surface area contributed by atoms with Gasteiger partial charge in [-0.3, -0.25) is 9.97 Å². The molecule has 8 nitrogen and oxygen atoms in total. The predicted molar refractivity (Wildman–Crippen MR) is 231 cm³/mol. The molecule has 61 heavy (non-hydrogen) atoms. The molecule has 0 radical (unpaired) electrons. The molecular weight excluding hydrogens is 771 g/mol. The molecule has 10 rings (SSSR count). The highest BCUT2D eigenvalue weighted by Crippen LogP contribution is 2.41. The Morgan fingerprint density at radius 2 is 1.08 bits per heavy atom. The molecule has 0 amide bonds. The van der Waals surface area contributed by atoms with Crippen molar-refractivity contribution >= 4 is 33.7 Å².